The minimum absolute atomic E-state index is 0.251. The second-order valence-corrected chi connectivity index (χ2v) is 6.55. The molecule has 0 heterocycles. The van der Waals surface area contributed by atoms with Crippen LogP contribution in [0.15, 0.2) is 54.6 Å². The van der Waals surface area contributed by atoms with Crippen molar-refractivity contribution in [1.29, 1.82) is 5.26 Å². The molecule has 6 heteroatoms. The highest BCUT2D eigenvalue weighted by molar-refractivity contribution is 6.06. The molecule has 0 bridgehead atoms. The Kier molecular flexibility index (Phi) is 5.72. The van der Waals surface area contributed by atoms with Gasteiger partial charge in [-0.25, -0.2) is 0 Å². The predicted octanol–water partition coefficient (Wildman–Crippen LogP) is 3.27. The third-order valence-corrected chi connectivity index (χ3v) is 4.57. The second-order valence-electron chi connectivity index (χ2n) is 6.55. The van der Waals surface area contributed by atoms with Crippen LogP contribution in [0, 0.1) is 11.3 Å². The summed E-state index contributed by atoms with van der Waals surface area (Å²) in [6.45, 7) is -0.251. The van der Waals surface area contributed by atoms with Crippen molar-refractivity contribution in [3.8, 4) is 11.8 Å². The molecule has 0 spiro atoms. The van der Waals surface area contributed by atoms with Gasteiger partial charge in [0.15, 0.2) is 6.61 Å². The van der Waals surface area contributed by atoms with Crippen molar-refractivity contribution in [2.24, 2.45) is 0 Å². The van der Waals surface area contributed by atoms with E-state index < -0.39 is 5.54 Å². The van der Waals surface area contributed by atoms with E-state index in [0.29, 0.717) is 29.8 Å². The Morgan fingerprint density at radius 3 is 2.41 bits per heavy atom. The lowest BCUT2D eigenvalue weighted by atomic mass is 10.00. The number of nitrogens with zero attached hydrogens (tertiary/aromatic N) is 1. The van der Waals surface area contributed by atoms with E-state index in [-0.39, 0.29) is 18.4 Å². The number of nitriles is 1. The quantitative estimate of drug-likeness (QED) is 0.824. The third-order valence-electron chi connectivity index (χ3n) is 4.57. The van der Waals surface area contributed by atoms with Gasteiger partial charge in [0.05, 0.1) is 11.6 Å². The van der Waals surface area contributed by atoms with Crippen molar-refractivity contribution in [2.75, 3.05) is 11.9 Å². The molecule has 27 heavy (non-hydrogen) atoms. The summed E-state index contributed by atoms with van der Waals surface area (Å²) in [5.41, 5.74) is 0.224. The van der Waals surface area contributed by atoms with Gasteiger partial charge in [0.1, 0.15) is 11.3 Å². The summed E-state index contributed by atoms with van der Waals surface area (Å²) in [5.74, 6) is -0.364. The van der Waals surface area contributed by atoms with Gasteiger partial charge in [0.2, 0.25) is 0 Å². The number of carbonyl (C=O) groups is 2. The first-order valence-electron chi connectivity index (χ1n) is 8.92. The number of anilines is 1. The topological polar surface area (TPSA) is 91.2 Å². The summed E-state index contributed by atoms with van der Waals surface area (Å²) >= 11 is 0. The number of para-hydroxylation sites is 2. The molecule has 2 N–H and O–H groups in total. The molecule has 2 aromatic carbocycles. The zero-order valence-corrected chi connectivity index (χ0v) is 14.9. The van der Waals surface area contributed by atoms with Crippen LogP contribution in [-0.2, 0) is 4.79 Å². The molecule has 0 atom stereocenters. The molecular weight excluding hydrogens is 342 g/mol. The number of benzene rings is 2. The summed E-state index contributed by atoms with van der Waals surface area (Å²) < 4.78 is 5.58. The van der Waals surface area contributed by atoms with E-state index >= 15 is 0 Å². The van der Waals surface area contributed by atoms with Gasteiger partial charge >= 0.3 is 0 Å². The van der Waals surface area contributed by atoms with Gasteiger partial charge in [-0.05, 0) is 49.9 Å². The zero-order chi connectivity index (χ0) is 19.1. The smallest absolute Gasteiger partial charge is 0.259 e. The maximum atomic E-state index is 12.5. The minimum Gasteiger partial charge on any atom is -0.483 e. The summed E-state index contributed by atoms with van der Waals surface area (Å²) in [4.78, 5) is 24.7. The Balaban J connectivity index is 1.63. The number of ether oxygens (including phenoxy) is 1. The summed E-state index contributed by atoms with van der Waals surface area (Å²) in [7, 11) is 0. The van der Waals surface area contributed by atoms with Crippen molar-refractivity contribution >= 4 is 17.5 Å². The van der Waals surface area contributed by atoms with Gasteiger partial charge < -0.3 is 15.4 Å². The summed E-state index contributed by atoms with van der Waals surface area (Å²) in [6, 6.07) is 18.1. The van der Waals surface area contributed by atoms with E-state index in [9.17, 15) is 14.9 Å². The highest BCUT2D eigenvalue weighted by atomic mass is 16.5. The van der Waals surface area contributed by atoms with Crippen molar-refractivity contribution in [3.63, 3.8) is 0 Å². The van der Waals surface area contributed by atoms with E-state index in [2.05, 4.69) is 16.7 Å². The Morgan fingerprint density at radius 2 is 1.70 bits per heavy atom. The van der Waals surface area contributed by atoms with E-state index in [1.807, 2.05) is 18.2 Å². The van der Waals surface area contributed by atoms with Crippen LogP contribution in [0.4, 0.5) is 5.69 Å². The van der Waals surface area contributed by atoms with Gasteiger partial charge in [-0.2, -0.15) is 5.26 Å². The number of hydrogen-bond donors (Lipinski definition) is 2. The van der Waals surface area contributed by atoms with Gasteiger partial charge in [-0.1, -0.05) is 30.3 Å². The molecule has 2 amide bonds. The first-order valence-corrected chi connectivity index (χ1v) is 8.92. The van der Waals surface area contributed by atoms with Crippen LogP contribution in [0.5, 0.6) is 5.75 Å². The summed E-state index contributed by atoms with van der Waals surface area (Å²) in [6.07, 6.45) is 3.17. The van der Waals surface area contributed by atoms with Crippen LogP contribution in [0.3, 0.4) is 0 Å². The standard InChI is InChI=1S/C21H21N3O3/c22-15-21(12-6-7-13-21)24-19(25)14-27-18-11-5-4-10-17(18)20(26)23-16-8-2-1-3-9-16/h1-5,8-11H,6-7,12-14H2,(H,23,26)(H,24,25). The van der Waals surface area contributed by atoms with E-state index in [1.165, 1.54) is 0 Å². The van der Waals surface area contributed by atoms with Crippen LogP contribution in [0.25, 0.3) is 0 Å². The monoisotopic (exact) mass is 363 g/mol. The average molecular weight is 363 g/mol. The fraction of sp³-hybridized carbons (Fsp3) is 0.286. The highest BCUT2D eigenvalue weighted by Crippen LogP contribution is 2.28. The molecule has 0 radical (unpaired) electrons. The maximum absolute atomic E-state index is 12.5. The molecular formula is C21H21N3O3. The molecule has 0 saturated heterocycles. The molecule has 1 fully saturated rings. The first-order chi connectivity index (χ1) is 13.1. The minimum atomic E-state index is -0.787. The second kappa shape index (κ2) is 8.37. The molecule has 1 aliphatic carbocycles. The number of nitrogens with one attached hydrogen (secondary N) is 2. The molecule has 0 aromatic heterocycles. The van der Waals surface area contributed by atoms with Crippen molar-refractivity contribution in [3.05, 3.63) is 60.2 Å². The molecule has 3 rings (SSSR count). The average Bonchev–Trinajstić information content (AvgIpc) is 3.16. The Labute approximate surface area is 158 Å². The predicted molar refractivity (Wildman–Crippen MR) is 101 cm³/mol. The van der Waals surface area contributed by atoms with Gasteiger partial charge in [-0.3, -0.25) is 9.59 Å². The Bertz CT molecular complexity index is 852. The fourth-order valence-electron chi connectivity index (χ4n) is 3.19. The summed E-state index contributed by atoms with van der Waals surface area (Å²) in [5, 5.41) is 14.9. The van der Waals surface area contributed by atoms with Crippen molar-refractivity contribution < 1.29 is 14.3 Å². The van der Waals surface area contributed by atoms with Gasteiger partial charge in [0.25, 0.3) is 11.8 Å². The zero-order valence-electron chi connectivity index (χ0n) is 14.9. The van der Waals surface area contributed by atoms with Crippen molar-refractivity contribution in [1.82, 2.24) is 5.32 Å². The third kappa shape index (κ3) is 4.64. The van der Waals surface area contributed by atoms with Gasteiger partial charge in [-0.15, -0.1) is 0 Å². The maximum Gasteiger partial charge on any atom is 0.259 e. The number of amides is 2. The molecule has 0 unspecified atom stereocenters. The first kappa shape index (κ1) is 18.5. The lowest BCUT2D eigenvalue weighted by molar-refractivity contribution is -0.124. The SMILES string of the molecule is N#CC1(NC(=O)COc2ccccc2C(=O)Nc2ccccc2)CCCC1. The molecule has 6 nitrogen and oxygen atoms in total. The van der Waals surface area contributed by atoms with Crippen LogP contribution >= 0.6 is 0 Å². The van der Waals surface area contributed by atoms with Crippen LogP contribution in [-0.4, -0.2) is 24.0 Å². The van der Waals surface area contributed by atoms with Crippen LogP contribution in [0.1, 0.15) is 36.0 Å². The highest BCUT2D eigenvalue weighted by Gasteiger charge is 2.35. The molecule has 1 saturated carbocycles. The number of hydrogen-bond acceptors (Lipinski definition) is 4. The molecule has 2 aromatic rings. The van der Waals surface area contributed by atoms with Crippen LogP contribution < -0.4 is 15.4 Å². The van der Waals surface area contributed by atoms with Crippen LogP contribution in [0.2, 0.25) is 0 Å². The Morgan fingerprint density at radius 1 is 1.04 bits per heavy atom. The van der Waals surface area contributed by atoms with E-state index in [1.54, 1.807) is 36.4 Å². The van der Waals surface area contributed by atoms with E-state index in [4.69, 9.17) is 4.74 Å². The molecule has 1 aliphatic rings. The normalized spacial score (nSPS) is 14.8. The Hall–Kier alpha value is -3.33. The number of rotatable bonds is 6. The fourth-order valence-corrected chi connectivity index (χ4v) is 3.19. The largest absolute Gasteiger partial charge is 0.483 e. The van der Waals surface area contributed by atoms with Gasteiger partial charge in [0, 0.05) is 5.69 Å². The van der Waals surface area contributed by atoms with Crippen molar-refractivity contribution in [2.45, 2.75) is 31.2 Å². The van der Waals surface area contributed by atoms with E-state index in [0.717, 1.165) is 12.8 Å². The lowest BCUT2D eigenvalue weighted by Gasteiger charge is -2.22. The number of carbonyl (C=O) groups excluding carboxylic acids is 2. The molecule has 0 aliphatic heterocycles. The molecule has 138 valence electrons. The lowest BCUT2D eigenvalue weighted by Crippen LogP contribution is -2.47.